The molecule has 0 radical (unpaired) electrons. The summed E-state index contributed by atoms with van der Waals surface area (Å²) in [6, 6.07) is 9.34. The summed E-state index contributed by atoms with van der Waals surface area (Å²) in [6.07, 6.45) is 2.44. The van der Waals surface area contributed by atoms with E-state index >= 15 is 0 Å². The Morgan fingerprint density at radius 2 is 1.52 bits per heavy atom. The maximum absolute atomic E-state index is 12.9. The molecule has 0 fully saturated rings. The molecule has 0 saturated carbocycles. The first-order chi connectivity index (χ1) is 15.0. The molecule has 8 heteroatoms. The molecule has 0 aliphatic carbocycles. The van der Waals surface area contributed by atoms with Crippen molar-refractivity contribution in [1.29, 1.82) is 0 Å². The van der Waals surface area contributed by atoms with Gasteiger partial charge in [-0.2, -0.15) is 0 Å². The predicted octanol–water partition coefficient (Wildman–Crippen LogP) is 2.61. The predicted molar refractivity (Wildman–Crippen MR) is 120 cm³/mol. The molecule has 0 spiro atoms. The van der Waals surface area contributed by atoms with Gasteiger partial charge in [0.1, 0.15) is 0 Å². The molecule has 3 aromatic rings. The highest BCUT2D eigenvalue weighted by molar-refractivity contribution is 5.81. The van der Waals surface area contributed by atoms with Gasteiger partial charge in [-0.05, 0) is 37.2 Å². The van der Waals surface area contributed by atoms with Crippen molar-refractivity contribution < 1.29 is 18.9 Å². The second-order valence-corrected chi connectivity index (χ2v) is 7.21. The van der Waals surface area contributed by atoms with Crippen LogP contribution in [0.25, 0.3) is 10.9 Å². The molecule has 0 saturated heterocycles. The minimum Gasteiger partial charge on any atom is -0.493 e. The van der Waals surface area contributed by atoms with E-state index in [4.69, 9.17) is 18.9 Å². The third-order valence-electron chi connectivity index (χ3n) is 5.28. The third-order valence-corrected chi connectivity index (χ3v) is 5.28. The van der Waals surface area contributed by atoms with E-state index in [0.717, 1.165) is 30.0 Å². The second kappa shape index (κ2) is 10.2. The number of hydrogen-bond acceptors (Lipinski definition) is 7. The van der Waals surface area contributed by atoms with Crippen molar-refractivity contribution in [3.05, 3.63) is 52.6 Å². The highest BCUT2D eigenvalue weighted by atomic mass is 16.5. The Labute approximate surface area is 181 Å². The van der Waals surface area contributed by atoms with Gasteiger partial charge in [0.25, 0.3) is 5.56 Å². The lowest BCUT2D eigenvalue weighted by Gasteiger charge is -2.18. The first-order valence-electron chi connectivity index (χ1n) is 10.0. The molecule has 31 heavy (non-hydrogen) atoms. The van der Waals surface area contributed by atoms with Gasteiger partial charge in [0, 0.05) is 25.7 Å². The van der Waals surface area contributed by atoms with Crippen molar-refractivity contribution in [2.24, 2.45) is 0 Å². The van der Waals surface area contributed by atoms with E-state index in [9.17, 15) is 4.79 Å². The summed E-state index contributed by atoms with van der Waals surface area (Å²) < 4.78 is 22.9. The summed E-state index contributed by atoms with van der Waals surface area (Å²) in [6.45, 7) is 2.10. The molecule has 2 aromatic carbocycles. The van der Waals surface area contributed by atoms with Crippen LogP contribution in [0.1, 0.15) is 5.56 Å². The molecule has 1 heterocycles. The molecule has 3 rings (SSSR count). The Bertz CT molecular complexity index is 1100. The minimum absolute atomic E-state index is 0.0979. The molecule has 0 aliphatic heterocycles. The monoisotopic (exact) mass is 427 g/mol. The molecule has 0 N–H and O–H groups in total. The van der Waals surface area contributed by atoms with Gasteiger partial charge in [-0.15, -0.1) is 0 Å². The van der Waals surface area contributed by atoms with Gasteiger partial charge in [-0.3, -0.25) is 9.36 Å². The minimum atomic E-state index is -0.0979. The van der Waals surface area contributed by atoms with Crippen molar-refractivity contribution in [1.82, 2.24) is 14.5 Å². The van der Waals surface area contributed by atoms with Crippen molar-refractivity contribution >= 4 is 10.9 Å². The molecule has 1 aromatic heterocycles. The summed E-state index contributed by atoms with van der Waals surface area (Å²) in [4.78, 5) is 19.5. The fourth-order valence-electron chi connectivity index (χ4n) is 3.39. The smallest absolute Gasteiger partial charge is 0.261 e. The fraction of sp³-hybridized carbons (Fsp3) is 0.391. The largest absolute Gasteiger partial charge is 0.493 e. The number of fused-ring (bicyclic) bond motifs is 1. The Morgan fingerprint density at radius 1 is 0.871 bits per heavy atom. The first-order valence-corrected chi connectivity index (χ1v) is 10.0. The van der Waals surface area contributed by atoms with Crippen molar-refractivity contribution in [2.75, 3.05) is 48.6 Å². The Kier molecular flexibility index (Phi) is 7.36. The van der Waals surface area contributed by atoms with Crippen LogP contribution in [0.5, 0.6) is 23.0 Å². The quantitative estimate of drug-likeness (QED) is 0.492. The zero-order valence-corrected chi connectivity index (χ0v) is 18.7. The van der Waals surface area contributed by atoms with Crippen LogP contribution in [-0.2, 0) is 13.0 Å². The van der Waals surface area contributed by atoms with E-state index in [-0.39, 0.29) is 5.56 Å². The lowest BCUT2D eigenvalue weighted by molar-refractivity contribution is 0.319. The highest BCUT2D eigenvalue weighted by Gasteiger charge is 2.12. The van der Waals surface area contributed by atoms with Crippen LogP contribution in [0, 0.1) is 0 Å². The van der Waals surface area contributed by atoms with Gasteiger partial charge in [-0.1, -0.05) is 6.07 Å². The zero-order chi connectivity index (χ0) is 22.4. The average Bonchev–Trinajstić information content (AvgIpc) is 2.81. The summed E-state index contributed by atoms with van der Waals surface area (Å²) in [5, 5.41) is 0.508. The molecule has 0 atom stereocenters. The van der Waals surface area contributed by atoms with E-state index in [1.54, 1.807) is 51.5 Å². The van der Waals surface area contributed by atoms with Crippen LogP contribution in [0.4, 0.5) is 0 Å². The zero-order valence-electron chi connectivity index (χ0n) is 18.7. The highest BCUT2D eigenvalue weighted by Crippen LogP contribution is 2.30. The van der Waals surface area contributed by atoms with Crippen LogP contribution >= 0.6 is 0 Å². The van der Waals surface area contributed by atoms with Gasteiger partial charge in [-0.25, -0.2) is 4.98 Å². The number of methoxy groups -OCH3 is 4. The van der Waals surface area contributed by atoms with E-state index in [1.807, 2.05) is 25.2 Å². The summed E-state index contributed by atoms with van der Waals surface area (Å²) in [5.41, 5.74) is 1.65. The van der Waals surface area contributed by atoms with Gasteiger partial charge in [0.05, 0.1) is 45.7 Å². The SMILES string of the molecule is COc1ccc(CCN(C)CCn2cnc3cc(OC)c(OC)cc3c2=O)cc1OC. The molecule has 0 unspecified atom stereocenters. The van der Waals surface area contributed by atoms with E-state index in [1.165, 1.54) is 0 Å². The van der Waals surface area contributed by atoms with Gasteiger partial charge < -0.3 is 23.8 Å². The van der Waals surface area contributed by atoms with Gasteiger partial charge >= 0.3 is 0 Å². The molecule has 0 bridgehead atoms. The summed E-state index contributed by atoms with van der Waals surface area (Å²) in [5.74, 6) is 2.51. The number of rotatable bonds is 10. The first kappa shape index (κ1) is 22.4. The summed E-state index contributed by atoms with van der Waals surface area (Å²) >= 11 is 0. The summed E-state index contributed by atoms with van der Waals surface area (Å²) in [7, 11) is 8.40. The van der Waals surface area contributed by atoms with Crippen LogP contribution < -0.4 is 24.5 Å². The normalized spacial score (nSPS) is 11.0. The molecular weight excluding hydrogens is 398 g/mol. The Balaban J connectivity index is 1.65. The second-order valence-electron chi connectivity index (χ2n) is 7.21. The number of aromatic nitrogens is 2. The number of ether oxygens (including phenoxy) is 4. The number of nitrogens with zero attached hydrogens (tertiary/aromatic N) is 3. The molecule has 0 amide bonds. The van der Waals surface area contributed by atoms with E-state index in [2.05, 4.69) is 9.88 Å². The topological polar surface area (TPSA) is 75.0 Å². The molecule has 166 valence electrons. The number of benzene rings is 2. The number of likely N-dealkylation sites (N-methyl/N-ethyl adjacent to an activating group) is 1. The van der Waals surface area contributed by atoms with Crippen molar-refractivity contribution in [2.45, 2.75) is 13.0 Å². The average molecular weight is 428 g/mol. The van der Waals surface area contributed by atoms with E-state index in [0.29, 0.717) is 35.5 Å². The van der Waals surface area contributed by atoms with Crippen LogP contribution in [0.2, 0.25) is 0 Å². The third kappa shape index (κ3) is 5.08. The number of hydrogen-bond donors (Lipinski definition) is 0. The standard InChI is InChI=1S/C23H29N3O5/c1-25(9-8-16-6-7-19(28-2)20(12-16)29-3)10-11-26-15-24-18-14-22(31-5)21(30-4)13-17(18)23(26)27/h6-7,12-15H,8-11H2,1-5H3. The molecule has 8 nitrogen and oxygen atoms in total. The molecule has 0 aliphatic rings. The van der Waals surface area contributed by atoms with Gasteiger partial charge in [0.15, 0.2) is 23.0 Å². The molecular formula is C23H29N3O5. The van der Waals surface area contributed by atoms with Crippen LogP contribution in [0.3, 0.4) is 0 Å². The lowest BCUT2D eigenvalue weighted by atomic mass is 10.1. The van der Waals surface area contributed by atoms with Gasteiger partial charge in [0.2, 0.25) is 0 Å². The van der Waals surface area contributed by atoms with Crippen LogP contribution in [0.15, 0.2) is 41.5 Å². The fourth-order valence-corrected chi connectivity index (χ4v) is 3.39. The van der Waals surface area contributed by atoms with Crippen molar-refractivity contribution in [3.63, 3.8) is 0 Å². The Morgan fingerprint density at radius 3 is 2.19 bits per heavy atom. The maximum Gasteiger partial charge on any atom is 0.261 e. The lowest BCUT2D eigenvalue weighted by Crippen LogP contribution is -2.30. The van der Waals surface area contributed by atoms with E-state index < -0.39 is 0 Å². The Hall–Kier alpha value is -3.26. The maximum atomic E-state index is 12.9. The van der Waals surface area contributed by atoms with Crippen molar-refractivity contribution in [3.8, 4) is 23.0 Å². The van der Waals surface area contributed by atoms with Crippen LogP contribution in [-0.4, -0.2) is 63.0 Å².